The van der Waals surface area contributed by atoms with Crippen LogP contribution < -0.4 is 9.75 Å². The predicted molar refractivity (Wildman–Crippen MR) is 115 cm³/mol. The summed E-state index contributed by atoms with van der Waals surface area (Å²) in [6.07, 6.45) is 4.96. The number of phenolic OH excluding ortho intramolecular Hbond substituents is 1. The van der Waals surface area contributed by atoms with Crippen LogP contribution in [-0.2, 0) is 18.3 Å². The van der Waals surface area contributed by atoms with Crippen LogP contribution in [0.1, 0.15) is 50.3 Å². The Morgan fingerprint density at radius 3 is 2.31 bits per heavy atom. The molecule has 140 valence electrons. The minimum Gasteiger partial charge on any atom is -0.508 e. The van der Waals surface area contributed by atoms with Crippen LogP contribution in [0, 0.1) is 0 Å². The van der Waals surface area contributed by atoms with E-state index in [1.54, 1.807) is 0 Å². The molecule has 2 aromatic carbocycles. The van der Waals surface area contributed by atoms with Crippen molar-refractivity contribution in [2.75, 3.05) is 11.6 Å². The fourth-order valence-corrected chi connectivity index (χ4v) is 6.59. The van der Waals surface area contributed by atoms with Gasteiger partial charge in [-0.25, -0.2) is 0 Å². The number of para-hydroxylation sites is 1. The highest BCUT2D eigenvalue weighted by Crippen LogP contribution is 2.35. The predicted octanol–water partition coefficient (Wildman–Crippen LogP) is 5.12. The molecule has 0 aromatic heterocycles. The van der Waals surface area contributed by atoms with E-state index in [-0.39, 0.29) is 5.41 Å². The van der Waals surface area contributed by atoms with E-state index in [1.807, 2.05) is 0 Å². The first-order valence-electron chi connectivity index (χ1n) is 9.81. The zero-order valence-corrected chi connectivity index (χ0v) is 18.2. The molecule has 0 unspecified atom stereocenters. The fraction of sp³-hybridized carbons (Fsp3) is 0.478. The molecule has 0 atom stereocenters. The average Bonchev–Trinajstić information content (AvgIpc) is 2.59. The molecule has 0 radical (unpaired) electrons. The minimum atomic E-state index is -2.05. The highest BCUT2D eigenvalue weighted by atomic mass is 28.3. The first kappa shape index (κ1) is 19.0. The molecule has 3 rings (SSSR count). The lowest BCUT2D eigenvalue weighted by Crippen LogP contribution is -2.57. The number of phenols is 1. The van der Waals surface area contributed by atoms with Gasteiger partial charge in [-0.05, 0) is 74.0 Å². The normalized spacial score (nSPS) is 14.8. The van der Waals surface area contributed by atoms with Crippen molar-refractivity contribution >= 4 is 19.1 Å². The van der Waals surface area contributed by atoms with Crippen molar-refractivity contribution in [3.63, 3.8) is 0 Å². The molecule has 0 heterocycles. The number of hydrogen-bond acceptors (Lipinski definition) is 2. The van der Waals surface area contributed by atoms with Gasteiger partial charge in [0.05, 0.1) is 0 Å². The van der Waals surface area contributed by atoms with Crippen molar-refractivity contribution in [2.45, 2.75) is 65.0 Å². The van der Waals surface area contributed by atoms with E-state index in [0.29, 0.717) is 5.75 Å². The lowest BCUT2D eigenvalue weighted by molar-refractivity contribution is 0.450. The van der Waals surface area contributed by atoms with Crippen molar-refractivity contribution < 1.29 is 5.11 Å². The summed E-state index contributed by atoms with van der Waals surface area (Å²) in [5.41, 5.74) is 5.37. The Bertz CT molecular complexity index is 804. The van der Waals surface area contributed by atoms with Crippen LogP contribution in [0.5, 0.6) is 5.75 Å². The third kappa shape index (κ3) is 3.29. The van der Waals surface area contributed by atoms with Gasteiger partial charge in [-0.3, -0.25) is 0 Å². The molecule has 0 aliphatic heterocycles. The maximum absolute atomic E-state index is 11.1. The minimum absolute atomic E-state index is 0.0605. The number of nitrogens with zero attached hydrogens (tertiary/aromatic N) is 1. The summed E-state index contributed by atoms with van der Waals surface area (Å²) >= 11 is 0. The first-order chi connectivity index (χ1) is 12.1. The van der Waals surface area contributed by atoms with Crippen molar-refractivity contribution in [1.82, 2.24) is 0 Å². The van der Waals surface area contributed by atoms with E-state index in [0.717, 1.165) is 10.8 Å². The highest BCUT2D eigenvalue weighted by molar-refractivity contribution is 6.93. The maximum atomic E-state index is 11.1. The van der Waals surface area contributed by atoms with E-state index in [1.165, 1.54) is 42.5 Å². The molecule has 26 heavy (non-hydrogen) atoms. The largest absolute Gasteiger partial charge is 0.508 e. The summed E-state index contributed by atoms with van der Waals surface area (Å²) in [6.45, 7) is 11.2. The van der Waals surface area contributed by atoms with Crippen molar-refractivity contribution in [2.24, 2.45) is 0 Å². The Labute approximate surface area is 160 Å². The van der Waals surface area contributed by atoms with Gasteiger partial charge >= 0.3 is 0 Å². The molecular formula is C23H33NOSi. The van der Waals surface area contributed by atoms with Gasteiger partial charge in [-0.1, -0.05) is 51.1 Å². The van der Waals surface area contributed by atoms with E-state index in [9.17, 15) is 5.11 Å². The van der Waals surface area contributed by atoms with Gasteiger partial charge in [-0.15, -0.1) is 0 Å². The lowest BCUT2D eigenvalue weighted by Gasteiger charge is -2.39. The topological polar surface area (TPSA) is 23.5 Å². The summed E-state index contributed by atoms with van der Waals surface area (Å²) in [6, 6.07) is 13.1. The zero-order valence-electron chi connectivity index (χ0n) is 17.2. The van der Waals surface area contributed by atoms with Crippen molar-refractivity contribution in [3.05, 3.63) is 53.1 Å². The van der Waals surface area contributed by atoms with Crippen molar-refractivity contribution in [1.29, 1.82) is 0 Å². The third-order valence-electron chi connectivity index (χ3n) is 6.07. The second-order valence-electron chi connectivity index (χ2n) is 9.19. The van der Waals surface area contributed by atoms with Crippen LogP contribution in [0.15, 0.2) is 36.4 Å². The first-order valence-corrected chi connectivity index (χ1v) is 12.8. The zero-order chi connectivity index (χ0) is 19.1. The number of hydrogen-bond donors (Lipinski definition) is 1. The van der Waals surface area contributed by atoms with Crippen LogP contribution in [0.4, 0.5) is 5.69 Å². The summed E-state index contributed by atoms with van der Waals surface area (Å²) < 4.78 is 2.48. The Balaban J connectivity index is 2.07. The van der Waals surface area contributed by atoms with E-state index in [4.69, 9.17) is 0 Å². The Hall–Kier alpha value is -1.74. The standard InChI is InChI=1S/C23H33NOSi/c1-23(2,3)19-14-10-16-21(22(19)25)26(5,6)24(4)20-15-9-12-17-11-7-8-13-18(17)20/h9-10,12,14-16,25H,7-8,11,13H2,1-6H3. The van der Waals surface area contributed by atoms with Gasteiger partial charge in [-0.2, -0.15) is 0 Å². The van der Waals surface area contributed by atoms with Gasteiger partial charge in [0.25, 0.3) is 0 Å². The van der Waals surface area contributed by atoms with E-state index < -0.39 is 8.24 Å². The van der Waals surface area contributed by atoms with Crippen LogP contribution in [-0.4, -0.2) is 20.4 Å². The molecule has 0 spiro atoms. The van der Waals surface area contributed by atoms with Gasteiger partial charge < -0.3 is 9.67 Å². The average molecular weight is 368 g/mol. The summed E-state index contributed by atoms with van der Waals surface area (Å²) in [7, 11) is 0.168. The Kier molecular flexibility index (Phi) is 4.95. The second-order valence-corrected chi connectivity index (χ2v) is 13.5. The van der Waals surface area contributed by atoms with Gasteiger partial charge in [0.2, 0.25) is 0 Å². The molecule has 0 saturated heterocycles. The molecule has 0 fully saturated rings. The van der Waals surface area contributed by atoms with E-state index in [2.05, 4.69) is 81.9 Å². The monoisotopic (exact) mass is 367 g/mol. The summed E-state index contributed by atoms with van der Waals surface area (Å²) in [5, 5.41) is 12.2. The number of anilines is 1. The smallest absolute Gasteiger partial charge is 0.185 e. The van der Waals surface area contributed by atoms with Gasteiger partial charge in [0.1, 0.15) is 5.75 Å². The van der Waals surface area contributed by atoms with Crippen LogP contribution >= 0.6 is 0 Å². The van der Waals surface area contributed by atoms with E-state index >= 15 is 0 Å². The Morgan fingerprint density at radius 2 is 1.62 bits per heavy atom. The third-order valence-corrected chi connectivity index (χ3v) is 9.71. The number of aromatic hydroxyl groups is 1. The number of fused-ring (bicyclic) bond motifs is 1. The second kappa shape index (κ2) is 6.77. The van der Waals surface area contributed by atoms with Crippen LogP contribution in [0.2, 0.25) is 13.1 Å². The molecule has 1 aliphatic carbocycles. The molecule has 0 bridgehead atoms. The molecule has 0 amide bonds. The Morgan fingerprint density at radius 1 is 0.962 bits per heavy atom. The van der Waals surface area contributed by atoms with Crippen molar-refractivity contribution in [3.8, 4) is 5.75 Å². The lowest BCUT2D eigenvalue weighted by atomic mass is 9.86. The summed E-state index contributed by atoms with van der Waals surface area (Å²) in [5.74, 6) is 0.494. The highest BCUT2D eigenvalue weighted by Gasteiger charge is 2.35. The fourth-order valence-electron chi connectivity index (χ4n) is 4.20. The SMILES string of the molecule is CN(c1cccc2c1CCCC2)[Si](C)(C)c1cccc(C(C)(C)C)c1O. The van der Waals surface area contributed by atoms with Crippen LogP contribution in [0.25, 0.3) is 0 Å². The molecular weight excluding hydrogens is 334 g/mol. The summed E-state index contributed by atoms with van der Waals surface area (Å²) in [4.78, 5) is 0. The molecule has 1 aliphatic rings. The molecule has 2 nitrogen and oxygen atoms in total. The van der Waals surface area contributed by atoms with Gasteiger partial charge in [0.15, 0.2) is 8.24 Å². The number of rotatable bonds is 3. The maximum Gasteiger partial charge on any atom is 0.185 e. The number of aryl methyl sites for hydroxylation is 1. The molecule has 1 N–H and O–H groups in total. The van der Waals surface area contributed by atoms with Gasteiger partial charge in [0, 0.05) is 10.9 Å². The van der Waals surface area contributed by atoms with Crippen LogP contribution in [0.3, 0.4) is 0 Å². The molecule has 0 saturated carbocycles. The molecule has 2 aromatic rings. The number of benzene rings is 2. The quantitative estimate of drug-likeness (QED) is 0.761. The molecule has 3 heteroatoms.